The van der Waals surface area contributed by atoms with E-state index in [4.69, 9.17) is 0 Å². The fraction of sp³-hybridized carbons (Fsp3) is 0.143. The molecule has 0 spiro atoms. The van der Waals surface area contributed by atoms with Gasteiger partial charge in [0.15, 0.2) is 5.69 Å². The topological polar surface area (TPSA) is 46.0 Å². The molecule has 0 aliphatic heterocycles. The van der Waals surface area contributed by atoms with Crippen LogP contribution in [0.3, 0.4) is 0 Å². The highest BCUT2D eigenvalue weighted by Crippen LogP contribution is 1.97. The first-order valence-electron chi connectivity index (χ1n) is 3.14. The van der Waals surface area contributed by atoms with E-state index in [1.165, 1.54) is 7.11 Å². The summed E-state index contributed by atoms with van der Waals surface area (Å²) in [6.07, 6.45) is 0. The Morgan fingerprint density at radius 2 is 1.91 bits per heavy atom. The molecule has 1 N–H and O–H groups in total. The summed E-state index contributed by atoms with van der Waals surface area (Å²) in [7, 11) is 1.29. The fourth-order valence-corrected chi connectivity index (χ4v) is 0.698. The van der Waals surface area contributed by atoms with Gasteiger partial charge in [0, 0.05) is 12.1 Å². The van der Waals surface area contributed by atoms with Crippen molar-refractivity contribution in [1.82, 2.24) is 0 Å². The summed E-state index contributed by atoms with van der Waals surface area (Å²) in [6.45, 7) is 0. The van der Waals surface area contributed by atoms with Gasteiger partial charge in [-0.05, 0) is 4.99 Å². The molecule has 0 fully saturated rings. The fourth-order valence-electron chi connectivity index (χ4n) is 0.698. The van der Waals surface area contributed by atoms with Crippen molar-refractivity contribution in [3.05, 3.63) is 35.5 Å². The van der Waals surface area contributed by atoms with Gasteiger partial charge in [-0.3, -0.25) is 0 Å². The normalized spacial score (nSPS) is 12.9. The minimum absolute atomic E-state index is 0.479. The Bertz CT molecular complexity index is 202. The van der Waals surface area contributed by atoms with Gasteiger partial charge in [0.2, 0.25) is 0 Å². The highest BCUT2D eigenvalue weighted by Gasteiger charge is 2.00. The second kappa shape index (κ2) is 4.05. The molecule has 4 nitrogen and oxygen atoms in total. The van der Waals surface area contributed by atoms with Gasteiger partial charge in [-0.15, -0.1) is 0 Å². The Kier molecular flexibility index (Phi) is 3.00. The van der Waals surface area contributed by atoms with E-state index in [0.717, 1.165) is 0 Å². The van der Waals surface area contributed by atoms with Crippen molar-refractivity contribution >= 4 is 5.69 Å². The molecular weight excluding hydrogens is 146 g/mol. The monoisotopic (exact) mass is 155 g/mol. The molecule has 1 rings (SSSR count). The van der Waals surface area contributed by atoms with E-state index < -0.39 is 5.23 Å². The number of quaternary nitrogens is 1. The van der Waals surface area contributed by atoms with E-state index in [0.29, 0.717) is 5.69 Å². The van der Waals surface area contributed by atoms with Gasteiger partial charge in [0.05, 0.1) is 7.11 Å². The van der Waals surface area contributed by atoms with Crippen LogP contribution in [0.1, 0.15) is 0 Å². The molecule has 0 heterocycles. The summed E-state index contributed by atoms with van der Waals surface area (Å²) in [5, 5.41) is 10.4. The number of nitrogens with one attached hydrogen (secondary N) is 1. The Balaban J connectivity index is 2.61. The minimum atomic E-state index is -0.479. The Morgan fingerprint density at radius 3 is 2.45 bits per heavy atom. The molecule has 1 unspecified atom stereocenters. The number of hydrogen-bond donors (Lipinski definition) is 1. The molecule has 0 bridgehead atoms. The summed E-state index contributed by atoms with van der Waals surface area (Å²) >= 11 is 0. The lowest BCUT2D eigenvalue weighted by Crippen LogP contribution is -3.00. The third-order valence-corrected chi connectivity index (χ3v) is 1.17. The lowest BCUT2D eigenvalue weighted by Gasteiger charge is -2.14. The quantitative estimate of drug-likeness (QED) is 0.500. The molecule has 1 atom stereocenters. The summed E-state index contributed by atoms with van der Waals surface area (Å²) in [5.74, 6) is 0. The van der Waals surface area contributed by atoms with E-state index in [1.807, 2.05) is 6.07 Å². The molecule has 0 aromatic heterocycles. The van der Waals surface area contributed by atoms with Crippen molar-refractivity contribution in [2.75, 3.05) is 7.11 Å². The van der Waals surface area contributed by atoms with Crippen LogP contribution in [-0.4, -0.2) is 7.11 Å². The van der Waals surface area contributed by atoms with Crippen LogP contribution in [0.25, 0.3) is 0 Å². The predicted octanol–water partition coefficient (Wildman–Crippen LogP) is 0.194. The van der Waals surface area contributed by atoms with Crippen LogP contribution in [0, 0.1) is 5.21 Å². The number of rotatable bonds is 3. The SMILES string of the molecule is COO[NH+]([O-])c1ccccc1. The first-order chi connectivity index (χ1) is 5.34. The molecule has 0 radical (unpaired) electrons. The van der Waals surface area contributed by atoms with Gasteiger partial charge in [-0.25, -0.2) is 0 Å². The van der Waals surface area contributed by atoms with Crippen molar-refractivity contribution in [3.63, 3.8) is 0 Å². The van der Waals surface area contributed by atoms with Crippen LogP contribution in [0.4, 0.5) is 5.69 Å². The average Bonchev–Trinajstić information content (AvgIpc) is 2.07. The molecule has 0 amide bonds. The molecule has 1 aromatic rings. The number of benzene rings is 1. The lowest BCUT2D eigenvalue weighted by atomic mass is 10.3. The molecule has 0 aliphatic rings. The zero-order chi connectivity index (χ0) is 8.10. The summed E-state index contributed by atoms with van der Waals surface area (Å²) in [6, 6.07) is 8.64. The molecule has 4 heteroatoms. The third-order valence-electron chi connectivity index (χ3n) is 1.17. The predicted molar refractivity (Wildman–Crippen MR) is 38.5 cm³/mol. The average molecular weight is 155 g/mol. The van der Waals surface area contributed by atoms with Crippen LogP contribution in [0.2, 0.25) is 0 Å². The van der Waals surface area contributed by atoms with Crippen molar-refractivity contribution in [2.45, 2.75) is 0 Å². The highest BCUT2D eigenvalue weighted by atomic mass is 17.3. The first kappa shape index (κ1) is 8.16. The van der Waals surface area contributed by atoms with Crippen molar-refractivity contribution in [3.8, 4) is 0 Å². The third kappa shape index (κ3) is 2.28. The lowest BCUT2D eigenvalue weighted by molar-refractivity contribution is -1.06. The van der Waals surface area contributed by atoms with Crippen LogP contribution in [0.15, 0.2) is 30.3 Å². The summed E-state index contributed by atoms with van der Waals surface area (Å²) in [4.78, 5) is 8.50. The van der Waals surface area contributed by atoms with Gasteiger partial charge in [-0.2, -0.15) is 10.1 Å². The van der Waals surface area contributed by atoms with E-state index in [1.54, 1.807) is 24.3 Å². The van der Waals surface area contributed by atoms with Gasteiger partial charge >= 0.3 is 0 Å². The van der Waals surface area contributed by atoms with Crippen LogP contribution < -0.4 is 5.23 Å². The number of hydrogen-bond acceptors (Lipinski definition) is 3. The molecule has 0 saturated heterocycles. The van der Waals surface area contributed by atoms with Crippen LogP contribution >= 0.6 is 0 Å². The molecule has 0 saturated carbocycles. The molecule has 0 aliphatic carbocycles. The maximum absolute atomic E-state index is 10.9. The minimum Gasteiger partial charge on any atom is -0.592 e. The maximum atomic E-state index is 10.9. The van der Waals surface area contributed by atoms with Crippen LogP contribution in [-0.2, 0) is 9.88 Å². The van der Waals surface area contributed by atoms with E-state index in [2.05, 4.69) is 9.88 Å². The highest BCUT2D eigenvalue weighted by molar-refractivity contribution is 5.27. The Hall–Kier alpha value is -0.940. The molecule has 11 heavy (non-hydrogen) atoms. The van der Waals surface area contributed by atoms with E-state index in [9.17, 15) is 5.21 Å². The molecule has 60 valence electrons. The van der Waals surface area contributed by atoms with Crippen molar-refractivity contribution < 1.29 is 15.1 Å². The van der Waals surface area contributed by atoms with E-state index >= 15 is 0 Å². The largest absolute Gasteiger partial charge is 0.592 e. The Labute approximate surface area is 64.4 Å². The van der Waals surface area contributed by atoms with Crippen LogP contribution in [0.5, 0.6) is 0 Å². The second-order valence-electron chi connectivity index (χ2n) is 1.90. The van der Waals surface area contributed by atoms with Gasteiger partial charge in [0.25, 0.3) is 0 Å². The second-order valence-corrected chi connectivity index (χ2v) is 1.90. The van der Waals surface area contributed by atoms with Gasteiger partial charge in [-0.1, -0.05) is 18.2 Å². The summed E-state index contributed by atoms with van der Waals surface area (Å²) in [5.41, 5.74) is 0.481. The molecular formula is C7H9NO3. The first-order valence-corrected chi connectivity index (χ1v) is 3.14. The summed E-state index contributed by atoms with van der Waals surface area (Å²) < 4.78 is 0. The van der Waals surface area contributed by atoms with E-state index in [-0.39, 0.29) is 0 Å². The smallest absolute Gasteiger partial charge is 0.166 e. The maximum Gasteiger partial charge on any atom is 0.166 e. The zero-order valence-electron chi connectivity index (χ0n) is 6.11. The zero-order valence-corrected chi connectivity index (χ0v) is 6.11. The molecule has 1 aromatic carbocycles. The Morgan fingerprint density at radius 1 is 1.27 bits per heavy atom. The van der Waals surface area contributed by atoms with Gasteiger partial charge in [0.1, 0.15) is 0 Å². The van der Waals surface area contributed by atoms with Crippen molar-refractivity contribution in [2.24, 2.45) is 0 Å². The standard InChI is InChI=1S/C7H9NO3/c1-10-11-8(9)7-5-3-2-4-6-7/h2-6,8H,1H3. The van der Waals surface area contributed by atoms with Gasteiger partial charge < -0.3 is 5.21 Å². The van der Waals surface area contributed by atoms with Crippen molar-refractivity contribution in [1.29, 1.82) is 0 Å².